The number of benzene rings is 1. The van der Waals surface area contributed by atoms with Gasteiger partial charge in [0, 0.05) is 46.8 Å². The zero-order chi connectivity index (χ0) is 18.2. The van der Waals surface area contributed by atoms with E-state index in [1.807, 2.05) is 25.2 Å². The number of nitrogens with one attached hydrogen (secondary N) is 2. The second kappa shape index (κ2) is 9.57. The van der Waals surface area contributed by atoms with Gasteiger partial charge in [-0.2, -0.15) is 0 Å². The van der Waals surface area contributed by atoms with E-state index in [4.69, 9.17) is 4.74 Å². The highest BCUT2D eigenvalue weighted by Crippen LogP contribution is 2.18. The van der Waals surface area contributed by atoms with E-state index in [2.05, 4.69) is 38.3 Å². The number of hydrogen-bond acceptors (Lipinski definition) is 3. The van der Waals surface area contributed by atoms with Crippen molar-refractivity contribution in [3.05, 3.63) is 30.1 Å². The molecule has 142 valence electrons. The minimum absolute atomic E-state index is 0.789. The van der Waals surface area contributed by atoms with E-state index in [-0.39, 0.29) is 0 Å². The van der Waals surface area contributed by atoms with Gasteiger partial charge in [0.1, 0.15) is 5.82 Å². The van der Waals surface area contributed by atoms with Crippen LogP contribution in [0.1, 0.15) is 31.5 Å². The summed E-state index contributed by atoms with van der Waals surface area (Å²) in [6, 6.07) is 8.17. The molecule has 0 atom stereocenters. The number of rotatable bonds is 7. The molecule has 6 heteroatoms. The monoisotopic (exact) mass is 357 g/mol. The number of para-hydroxylation sites is 2. The number of guanidine groups is 1. The van der Waals surface area contributed by atoms with Gasteiger partial charge in [-0.05, 0) is 43.7 Å². The lowest BCUT2D eigenvalue weighted by atomic mass is 9.96. The SMILES string of the molecule is CN=C(NCCCc1nc2ccccc2[nH]1)N(C)CCC1CCOCC1. The molecule has 0 radical (unpaired) electrons. The Morgan fingerprint density at radius 1 is 1.35 bits per heavy atom. The molecule has 6 nitrogen and oxygen atoms in total. The van der Waals surface area contributed by atoms with Gasteiger partial charge in [-0.15, -0.1) is 0 Å². The van der Waals surface area contributed by atoms with E-state index in [9.17, 15) is 0 Å². The van der Waals surface area contributed by atoms with Gasteiger partial charge in [-0.1, -0.05) is 12.1 Å². The van der Waals surface area contributed by atoms with Gasteiger partial charge in [0.2, 0.25) is 0 Å². The summed E-state index contributed by atoms with van der Waals surface area (Å²) < 4.78 is 5.44. The van der Waals surface area contributed by atoms with Crippen molar-refractivity contribution >= 4 is 17.0 Å². The zero-order valence-electron chi connectivity index (χ0n) is 16.0. The van der Waals surface area contributed by atoms with Crippen LogP contribution < -0.4 is 5.32 Å². The van der Waals surface area contributed by atoms with E-state index in [1.54, 1.807) is 0 Å². The summed E-state index contributed by atoms with van der Waals surface area (Å²) >= 11 is 0. The van der Waals surface area contributed by atoms with Crippen molar-refractivity contribution in [3.8, 4) is 0 Å². The van der Waals surface area contributed by atoms with Gasteiger partial charge in [-0.25, -0.2) is 4.98 Å². The van der Waals surface area contributed by atoms with E-state index in [1.165, 1.54) is 19.3 Å². The summed E-state index contributed by atoms with van der Waals surface area (Å²) in [4.78, 5) is 14.7. The molecule has 2 aromatic rings. The summed E-state index contributed by atoms with van der Waals surface area (Å²) in [5.74, 6) is 2.81. The van der Waals surface area contributed by atoms with Crippen molar-refractivity contribution in [1.29, 1.82) is 0 Å². The summed E-state index contributed by atoms with van der Waals surface area (Å²) in [5.41, 5.74) is 2.15. The number of hydrogen-bond donors (Lipinski definition) is 2. The lowest BCUT2D eigenvalue weighted by molar-refractivity contribution is 0.0625. The molecule has 26 heavy (non-hydrogen) atoms. The van der Waals surface area contributed by atoms with Crippen molar-refractivity contribution < 1.29 is 4.74 Å². The van der Waals surface area contributed by atoms with Gasteiger partial charge >= 0.3 is 0 Å². The lowest BCUT2D eigenvalue weighted by Crippen LogP contribution is -2.40. The van der Waals surface area contributed by atoms with E-state index in [0.29, 0.717) is 0 Å². The van der Waals surface area contributed by atoms with E-state index < -0.39 is 0 Å². The fourth-order valence-corrected chi connectivity index (χ4v) is 3.48. The molecule has 1 saturated heterocycles. The third-order valence-corrected chi connectivity index (χ3v) is 5.10. The Morgan fingerprint density at radius 2 is 2.15 bits per heavy atom. The highest BCUT2D eigenvalue weighted by Gasteiger charge is 2.15. The molecule has 0 spiro atoms. The molecule has 0 amide bonds. The maximum atomic E-state index is 5.44. The van der Waals surface area contributed by atoms with Gasteiger partial charge in [-0.3, -0.25) is 4.99 Å². The first-order valence-corrected chi connectivity index (χ1v) is 9.69. The number of fused-ring (bicyclic) bond motifs is 1. The Balaban J connectivity index is 1.37. The average Bonchev–Trinajstić information content (AvgIpc) is 3.10. The Hall–Kier alpha value is -2.08. The van der Waals surface area contributed by atoms with Crippen molar-refractivity contribution in [3.63, 3.8) is 0 Å². The molecular weight excluding hydrogens is 326 g/mol. The van der Waals surface area contributed by atoms with Crippen LogP contribution in [0.3, 0.4) is 0 Å². The maximum absolute atomic E-state index is 5.44. The summed E-state index contributed by atoms with van der Waals surface area (Å²) in [6.07, 6.45) is 5.55. The molecule has 1 fully saturated rings. The largest absolute Gasteiger partial charge is 0.381 e. The van der Waals surface area contributed by atoms with E-state index >= 15 is 0 Å². The third kappa shape index (κ3) is 5.21. The average molecular weight is 358 g/mol. The van der Waals surface area contributed by atoms with Gasteiger partial charge < -0.3 is 19.9 Å². The minimum atomic E-state index is 0.789. The lowest BCUT2D eigenvalue weighted by Gasteiger charge is -2.26. The van der Waals surface area contributed by atoms with Crippen molar-refractivity contribution in [1.82, 2.24) is 20.2 Å². The van der Waals surface area contributed by atoms with Crippen LogP contribution in [0.5, 0.6) is 0 Å². The van der Waals surface area contributed by atoms with Gasteiger partial charge in [0.25, 0.3) is 0 Å². The quantitative estimate of drug-likeness (QED) is 0.454. The van der Waals surface area contributed by atoms with Crippen LogP contribution in [0.2, 0.25) is 0 Å². The number of imidazole rings is 1. The molecule has 1 aliphatic heterocycles. The van der Waals surface area contributed by atoms with Gasteiger partial charge in [0.05, 0.1) is 11.0 Å². The normalized spacial score (nSPS) is 16.2. The van der Waals surface area contributed by atoms with Crippen LogP contribution in [-0.4, -0.2) is 61.2 Å². The van der Waals surface area contributed by atoms with Crippen molar-refractivity contribution in [2.24, 2.45) is 10.9 Å². The Morgan fingerprint density at radius 3 is 2.92 bits per heavy atom. The second-order valence-corrected chi connectivity index (χ2v) is 7.04. The maximum Gasteiger partial charge on any atom is 0.193 e. The van der Waals surface area contributed by atoms with Gasteiger partial charge in [0.15, 0.2) is 5.96 Å². The van der Waals surface area contributed by atoms with Crippen LogP contribution in [0.25, 0.3) is 11.0 Å². The number of H-pyrrole nitrogens is 1. The predicted molar refractivity (Wildman–Crippen MR) is 107 cm³/mol. The molecule has 2 heterocycles. The molecule has 1 aliphatic rings. The predicted octanol–water partition coefficient (Wildman–Crippen LogP) is 2.82. The number of aromatic nitrogens is 2. The molecule has 0 unspecified atom stereocenters. The number of aromatic amines is 1. The molecule has 1 aromatic carbocycles. The molecule has 2 N–H and O–H groups in total. The van der Waals surface area contributed by atoms with Crippen LogP contribution in [0, 0.1) is 5.92 Å². The third-order valence-electron chi connectivity index (χ3n) is 5.10. The Bertz CT molecular complexity index is 672. The molecule has 0 aliphatic carbocycles. The Kier molecular flexibility index (Phi) is 6.89. The molecule has 3 rings (SSSR count). The number of ether oxygens (including phenoxy) is 1. The van der Waals surface area contributed by atoms with Crippen molar-refractivity contribution in [2.45, 2.75) is 32.1 Å². The van der Waals surface area contributed by atoms with Crippen molar-refractivity contribution in [2.75, 3.05) is 40.4 Å². The molecular formula is C20H31N5O. The molecule has 1 aromatic heterocycles. The van der Waals surface area contributed by atoms with Crippen LogP contribution in [0.15, 0.2) is 29.3 Å². The fraction of sp³-hybridized carbons (Fsp3) is 0.600. The fourth-order valence-electron chi connectivity index (χ4n) is 3.48. The first kappa shape index (κ1) is 18.7. The number of nitrogens with zero attached hydrogens (tertiary/aromatic N) is 3. The Labute approximate surface area is 156 Å². The summed E-state index contributed by atoms with van der Waals surface area (Å²) in [5, 5.41) is 3.47. The summed E-state index contributed by atoms with van der Waals surface area (Å²) in [6.45, 7) is 3.77. The highest BCUT2D eigenvalue weighted by atomic mass is 16.5. The first-order valence-electron chi connectivity index (χ1n) is 9.69. The minimum Gasteiger partial charge on any atom is -0.381 e. The second-order valence-electron chi connectivity index (χ2n) is 7.04. The smallest absolute Gasteiger partial charge is 0.193 e. The van der Waals surface area contributed by atoms with Crippen LogP contribution in [0.4, 0.5) is 0 Å². The molecule has 0 saturated carbocycles. The summed E-state index contributed by atoms with van der Waals surface area (Å²) in [7, 11) is 3.97. The highest BCUT2D eigenvalue weighted by molar-refractivity contribution is 5.79. The zero-order valence-corrected chi connectivity index (χ0v) is 16.0. The topological polar surface area (TPSA) is 65.5 Å². The number of aliphatic imine (C=N–C) groups is 1. The number of aryl methyl sites for hydroxylation is 1. The standard InChI is InChI=1S/C20H31N5O/c1-21-20(25(2)13-9-16-10-14-26-15-11-16)22-12-5-8-19-23-17-6-3-4-7-18(17)24-19/h3-4,6-7,16H,5,8-15H2,1-2H3,(H,21,22)(H,23,24). The van der Waals surface area contributed by atoms with E-state index in [0.717, 1.165) is 67.9 Å². The molecule has 0 bridgehead atoms. The van der Waals surface area contributed by atoms with Crippen LogP contribution >= 0.6 is 0 Å². The van der Waals surface area contributed by atoms with Crippen LogP contribution in [-0.2, 0) is 11.2 Å². The first-order chi connectivity index (χ1) is 12.8.